The molecule has 1 saturated carbocycles. The molecule has 1 aromatic carbocycles. The van der Waals surface area contributed by atoms with Gasteiger partial charge in [0.05, 0.1) is 0 Å². The van der Waals surface area contributed by atoms with Gasteiger partial charge in [0.15, 0.2) is 5.65 Å². The second-order valence-corrected chi connectivity index (χ2v) is 6.76. The van der Waals surface area contributed by atoms with Gasteiger partial charge in [-0.15, -0.1) is 0 Å². The van der Waals surface area contributed by atoms with Crippen LogP contribution in [0.5, 0.6) is 0 Å². The second kappa shape index (κ2) is 5.78. The Morgan fingerprint density at radius 1 is 1.00 bits per heavy atom. The molecular formula is C19H15ClN6. The molecule has 0 aliphatic heterocycles. The highest BCUT2D eigenvalue weighted by Gasteiger charge is 2.31. The molecule has 0 spiro atoms. The van der Waals surface area contributed by atoms with Crippen LogP contribution in [-0.4, -0.2) is 24.5 Å². The molecule has 3 heterocycles. The maximum Gasteiger partial charge on any atom is 0.222 e. The number of imidazole rings is 1. The average Bonchev–Trinajstić information content (AvgIpc) is 3.42. The van der Waals surface area contributed by atoms with Gasteiger partial charge in [0.25, 0.3) is 0 Å². The maximum atomic E-state index is 6.10. The molecule has 0 amide bonds. The number of aromatic nitrogens is 5. The van der Waals surface area contributed by atoms with Gasteiger partial charge in [0, 0.05) is 23.4 Å². The zero-order valence-electron chi connectivity index (χ0n) is 13.8. The molecule has 0 unspecified atom stereocenters. The van der Waals surface area contributed by atoms with Crippen molar-refractivity contribution in [1.82, 2.24) is 24.5 Å². The van der Waals surface area contributed by atoms with E-state index in [4.69, 9.17) is 22.3 Å². The molecule has 0 atom stereocenters. The van der Waals surface area contributed by atoms with E-state index in [0.29, 0.717) is 11.2 Å². The molecule has 7 heteroatoms. The van der Waals surface area contributed by atoms with Crippen molar-refractivity contribution in [3.8, 4) is 22.6 Å². The minimum absolute atomic E-state index is 0.248. The van der Waals surface area contributed by atoms with E-state index in [1.54, 1.807) is 6.20 Å². The molecule has 26 heavy (non-hydrogen) atoms. The molecule has 1 fully saturated rings. The van der Waals surface area contributed by atoms with E-state index in [0.717, 1.165) is 46.7 Å². The van der Waals surface area contributed by atoms with Crippen molar-refractivity contribution in [2.24, 2.45) is 0 Å². The number of rotatable bonds is 3. The van der Waals surface area contributed by atoms with Crippen LogP contribution in [0.1, 0.15) is 18.9 Å². The van der Waals surface area contributed by atoms with Crippen molar-refractivity contribution < 1.29 is 0 Å². The molecular weight excluding hydrogens is 348 g/mol. The Labute approximate surface area is 154 Å². The Morgan fingerprint density at radius 3 is 2.54 bits per heavy atom. The monoisotopic (exact) mass is 362 g/mol. The van der Waals surface area contributed by atoms with Crippen molar-refractivity contribution >= 4 is 28.7 Å². The third kappa shape index (κ3) is 2.50. The molecule has 4 aromatic rings. The fourth-order valence-electron chi connectivity index (χ4n) is 3.21. The lowest BCUT2D eigenvalue weighted by Crippen LogP contribution is -2.02. The van der Waals surface area contributed by atoms with Crippen LogP contribution in [0.2, 0.25) is 5.15 Å². The molecule has 2 N–H and O–H groups in total. The van der Waals surface area contributed by atoms with Gasteiger partial charge in [0.2, 0.25) is 5.95 Å². The van der Waals surface area contributed by atoms with Crippen LogP contribution in [0.4, 0.5) is 5.95 Å². The zero-order valence-corrected chi connectivity index (χ0v) is 14.6. The van der Waals surface area contributed by atoms with Crippen LogP contribution in [0.15, 0.2) is 48.7 Å². The smallest absolute Gasteiger partial charge is 0.222 e. The molecule has 0 saturated heterocycles. The lowest BCUT2D eigenvalue weighted by molar-refractivity contribution is 0.766. The Bertz CT molecular complexity index is 1120. The SMILES string of the molecule is Nc1nc(-c2ccccc2)c2nc(-c3ccnc(Cl)c3)n(C3CC3)c2n1. The number of fused-ring (bicyclic) bond motifs is 1. The van der Waals surface area contributed by atoms with Gasteiger partial charge in [-0.3, -0.25) is 0 Å². The first-order chi connectivity index (χ1) is 12.7. The highest BCUT2D eigenvalue weighted by atomic mass is 35.5. The lowest BCUT2D eigenvalue weighted by atomic mass is 10.1. The molecule has 0 bridgehead atoms. The number of benzene rings is 1. The van der Waals surface area contributed by atoms with Crippen molar-refractivity contribution in [3.05, 3.63) is 53.8 Å². The van der Waals surface area contributed by atoms with Gasteiger partial charge in [-0.2, -0.15) is 4.98 Å². The first-order valence-electron chi connectivity index (χ1n) is 8.43. The molecule has 3 aromatic heterocycles. The summed E-state index contributed by atoms with van der Waals surface area (Å²) in [5.74, 6) is 1.07. The van der Waals surface area contributed by atoms with E-state index in [2.05, 4.69) is 19.5 Å². The molecule has 1 aliphatic rings. The van der Waals surface area contributed by atoms with Gasteiger partial charge in [-0.1, -0.05) is 41.9 Å². The second-order valence-electron chi connectivity index (χ2n) is 6.37. The Balaban J connectivity index is 1.83. The minimum Gasteiger partial charge on any atom is -0.368 e. The van der Waals surface area contributed by atoms with E-state index >= 15 is 0 Å². The van der Waals surface area contributed by atoms with Gasteiger partial charge >= 0.3 is 0 Å². The summed E-state index contributed by atoms with van der Waals surface area (Å²) in [4.78, 5) is 17.9. The topological polar surface area (TPSA) is 82.5 Å². The van der Waals surface area contributed by atoms with Crippen LogP contribution < -0.4 is 5.73 Å². The van der Waals surface area contributed by atoms with Crippen LogP contribution in [-0.2, 0) is 0 Å². The number of hydrogen-bond acceptors (Lipinski definition) is 5. The quantitative estimate of drug-likeness (QED) is 0.554. The normalized spacial score (nSPS) is 14.0. The standard InChI is InChI=1S/C19H15ClN6/c20-14-10-12(8-9-22-14)17-23-16-15(11-4-2-1-3-5-11)24-19(21)25-18(16)26(17)13-6-7-13/h1-5,8-10,13H,6-7H2,(H2,21,24,25). The van der Waals surface area contributed by atoms with Gasteiger partial charge in [-0.05, 0) is 25.0 Å². The van der Waals surface area contributed by atoms with Gasteiger partial charge in [-0.25, -0.2) is 15.0 Å². The summed E-state index contributed by atoms with van der Waals surface area (Å²) in [6, 6.07) is 14.0. The highest BCUT2D eigenvalue weighted by Crippen LogP contribution is 2.42. The van der Waals surface area contributed by atoms with Crippen LogP contribution in [0.25, 0.3) is 33.8 Å². The fourth-order valence-corrected chi connectivity index (χ4v) is 3.39. The number of nitrogens with two attached hydrogens (primary N) is 1. The van der Waals surface area contributed by atoms with Gasteiger partial charge < -0.3 is 10.3 Å². The van der Waals surface area contributed by atoms with Crippen LogP contribution in [0.3, 0.4) is 0 Å². The Morgan fingerprint density at radius 2 is 1.81 bits per heavy atom. The van der Waals surface area contributed by atoms with E-state index in [1.807, 2.05) is 42.5 Å². The summed E-state index contributed by atoms with van der Waals surface area (Å²) in [7, 11) is 0. The number of halogens is 1. The summed E-state index contributed by atoms with van der Waals surface area (Å²) in [6.45, 7) is 0. The zero-order chi connectivity index (χ0) is 17.7. The highest BCUT2D eigenvalue weighted by molar-refractivity contribution is 6.29. The molecule has 128 valence electrons. The predicted molar refractivity (Wildman–Crippen MR) is 102 cm³/mol. The van der Waals surface area contributed by atoms with Crippen molar-refractivity contribution in [1.29, 1.82) is 0 Å². The molecule has 1 aliphatic carbocycles. The number of nitrogen functional groups attached to an aromatic ring is 1. The van der Waals surface area contributed by atoms with E-state index in [9.17, 15) is 0 Å². The number of nitrogens with zero attached hydrogens (tertiary/aromatic N) is 5. The van der Waals surface area contributed by atoms with Crippen LogP contribution >= 0.6 is 11.6 Å². The third-order valence-corrected chi connectivity index (χ3v) is 4.71. The Kier molecular flexibility index (Phi) is 3.39. The van der Waals surface area contributed by atoms with E-state index in [1.165, 1.54) is 0 Å². The summed E-state index contributed by atoms with van der Waals surface area (Å²) in [5.41, 5.74) is 10.2. The molecule has 6 nitrogen and oxygen atoms in total. The summed E-state index contributed by atoms with van der Waals surface area (Å²) in [5, 5.41) is 0.436. The third-order valence-electron chi connectivity index (χ3n) is 4.50. The summed E-state index contributed by atoms with van der Waals surface area (Å²) >= 11 is 6.10. The predicted octanol–water partition coefficient (Wildman–Crippen LogP) is 4.13. The van der Waals surface area contributed by atoms with Crippen molar-refractivity contribution in [3.63, 3.8) is 0 Å². The number of hydrogen-bond donors (Lipinski definition) is 1. The van der Waals surface area contributed by atoms with E-state index in [-0.39, 0.29) is 5.95 Å². The van der Waals surface area contributed by atoms with Crippen LogP contribution in [0, 0.1) is 0 Å². The minimum atomic E-state index is 0.248. The lowest BCUT2D eigenvalue weighted by Gasteiger charge is -2.07. The average molecular weight is 363 g/mol. The number of pyridine rings is 1. The van der Waals surface area contributed by atoms with E-state index < -0.39 is 0 Å². The first kappa shape index (κ1) is 15.3. The van der Waals surface area contributed by atoms with Crippen molar-refractivity contribution in [2.45, 2.75) is 18.9 Å². The maximum absolute atomic E-state index is 6.10. The van der Waals surface area contributed by atoms with Gasteiger partial charge in [0.1, 0.15) is 22.2 Å². The number of anilines is 1. The molecule has 5 rings (SSSR count). The van der Waals surface area contributed by atoms with Crippen molar-refractivity contribution in [2.75, 3.05) is 5.73 Å². The summed E-state index contributed by atoms with van der Waals surface area (Å²) in [6.07, 6.45) is 3.89. The summed E-state index contributed by atoms with van der Waals surface area (Å²) < 4.78 is 2.16. The first-order valence-corrected chi connectivity index (χ1v) is 8.81. The molecule has 0 radical (unpaired) electrons. The fraction of sp³-hybridized carbons (Fsp3) is 0.158. The largest absolute Gasteiger partial charge is 0.368 e. The Hall–Kier alpha value is -2.99.